The van der Waals surface area contributed by atoms with Crippen LogP contribution >= 0.6 is 31.9 Å². The molecule has 0 heterocycles. The topological polar surface area (TPSA) is 12.0 Å². The van der Waals surface area contributed by atoms with Crippen LogP contribution in [-0.4, -0.2) is 6.04 Å². The highest BCUT2D eigenvalue weighted by Gasteiger charge is 2.59. The molecule has 0 amide bonds. The zero-order chi connectivity index (χ0) is 13.8. The van der Waals surface area contributed by atoms with Crippen molar-refractivity contribution in [2.45, 2.75) is 46.1 Å². The lowest BCUT2D eigenvalue weighted by Crippen LogP contribution is -2.45. The van der Waals surface area contributed by atoms with Crippen molar-refractivity contribution in [3.8, 4) is 0 Å². The summed E-state index contributed by atoms with van der Waals surface area (Å²) in [4.78, 5) is 0. The summed E-state index contributed by atoms with van der Waals surface area (Å²) in [6.45, 7) is 7.34. The van der Waals surface area contributed by atoms with Crippen molar-refractivity contribution in [1.82, 2.24) is 0 Å². The van der Waals surface area contributed by atoms with E-state index in [4.69, 9.17) is 0 Å². The van der Waals surface area contributed by atoms with Crippen LogP contribution in [0.25, 0.3) is 0 Å². The number of fused-ring (bicyclic) bond motifs is 2. The van der Waals surface area contributed by atoms with Gasteiger partial charge in [-0.25, -0.2) is 0 Å². The van der Waals surface area contributed by atoms with Crippen LogP contribution in [0.4, 0.5) is 5.69 Å². The highest BCUT2D eigenvalue weighted by molar-refractivity contribution is 9.11. The fraction of sp³-hybridized carbons (Fsp3) is 0.625. The monoisotopic (exact) mass is 385 g/mol. The molecule has 0 aliphatic heterocycles. The Balaban J connectivity index is 1.92. The number of hydrogen-bond donors (Lipinski definition) is 1. The molecule has 2 fully saturated rings. The Morgan fingerprint density at radius 2 is 1.95 bits per heavy atom. The molecular weight excluding hydrogens is 366 g/mol. The Hall–Kier alpha value is -0.0200. The smallest absolute Gasteiger partial charge is 0.0498 e. The van der Waals surface area contributed by atoms with Gasteiger partial charge in [0.1, 0.15) is 0 Å². The molecule has 2 bridgehead atoms. The molecule has 0 radical (unpaired) electrons. The standard InChI is InChI=1S/C16H21Br2N/c1-15(2)10-6-7-16(3,9-10)14(15)19-13-8-11(17)4-5-12(13)18/h4-5,8,10,14,19H,6-7,9H2,1-3H3/t10-,14?,16+/m0/s1. The van der Waals surface area contributed by atoms with Gasteiger partial charge in [0.2, 0.25) is 0 Å². The van der Waals surface area contributed by atoms with E-state index in [1.807, 2.05) is 0 Å². The number of halogens is 2. The van der Waals surface area contributed by atoms with Gasteiger partial charge in [0, 0.05) is 20.7 Å². The van der Waals surface area contributed by atoms with Crippen molar-refractivity contribution in [2.24, 2.45) is 16.7 Å². The number of rotatable bonds is 2. The Labute approximate surface area is 132 Å². The van der Waals surface area contributed by atoms with Gasteiger partial charge in [-0.15, -0.1) is 0 Å². The largest absolute Gasteiger partial charge is 0.380 e. The maximum atomic E-state index is 3.84. The lowest BCUT2D eigenvalue weighted by atomic mass is 9.68. The van der Waals surface area contributed by atoms with Crippen molar-refractivity contribution >= 4 is 37.5 Å². The molecule has 3 rings (SSSR count). The second-order valence-corrected chi connectivity index (χ2v) is 8.89. The van der Waals surface area contributed by atoms with Crippen molar-refractivity contribution in [3.63, 3.8) is 0 Å². The van der Waals surface area contributed by atoms with Crippen molar-refractivity contribution in [2.75, 3.05) is 5.32 Å². The molecule has 0 spiro atoms. The Morgan fingerprint density at radius 3 is 2.58 bits per heavy atom. The van der Waals surface area contributed by atoms with E-state index in [-0.39, 0.29) is 0 Å². The molecule has 1 N–H and O–H groups in total. The number of anilines is 1. The zero-order valence-electron chi connectivity index (χ0n) is 11.8. The fourth-order valence-corrected chi connectivity index (χ4v) is 5.15. The molecule has 1 unspecified atom stereocenters. The minimum atomic E-state index is 0.384. The molecule has 3 heteroatoms. The van der Waals surface area contributed by atoms with Crippen LogP contribution in [0.2, 0.25) is 0 Å². The third-order valence-electron chi connectivity index (χ3n) is 5.50. The Morgan fingerprint density at radius 1 is 1.21 bits per heavy atom. The Bertz CT molecular complexity index is 507. The van der Waals surface area contributed by atoms with Crippen molar-refractivity contribution in [3.05, 3.63) is 27.1 Å². The van der Waals surface area contributed by atoms with E-state index in [0.29, 0.717) is 16.9 Å². The van der Waals surface area contributed by atoms with E-state index in [1.54, 1.807) is 0 Å². The van der Waals surface area contributed by atoms with Crippen LogP contribution in [0.3, 0.4) is 0 Å². The summed E-state index contributed by atoms with van der Waals surface area (Å²) in [5.41, 5.74) is 2.05. The van der Waals surface area contributed by atoms with Gasteiger partial charge >= 0.3 is 0 Å². The second-order valence-electron chi connectivity index (χ2n) is 7.12. The lowest BCUT2D eigenvalue weighted by molar-refractivity contribution is 0.155. The minimum Gasteiger partial charge on any atom is -0.380 e. The summed E-state index contributed by atoms with van der Waals surface area (Å²) < 4.78 is 2.28. The summed E-state index contributed by atoms with van der Waals surface area (Å²) in [5, 5.41) is 3.84. The number of hydrogen-bond acceptors (Lipinski definition) is 1. The van der Waals surface area contributed by atoms with Gasteiger partial charge in [-0.2, -0.15) is 0 Å². The summed E-state index contributed by atoms with van der Waals surface area (Å²) in [6.07, 6.45) is 4.15. The first-order valence-corrected chi connectivity index (χ1v) is 8.63. The molecule has 104 valence electrons. The first-order chi connectivity index (χ1) is 8.83. The lowest BCUT2D eigenvalue weighted by Gasteiger charge is -2.43. The summed E-state index contributed by atoms with van der Waals surface area (Å²) >= 11 is 7.23. The average Bonchev–Trinajstić information content (AvgIpc) is 2.80. The van der Waals surface area contributed by atoms with E-state index in [1.165, 1.54) is 24.9 Å². The molecule has 2 saturated carbocycles. The molecule has 1 nitrogen and oxygen atoms in total. The molecule has 2 aliphatic rings. The van der Waals surface area contributed by atoms with Crippen LogP contribution in [0, 0.1) is 16.7 Å². The molecule has 19 heavy (non-hydrogen) atoms. The van der Waals surface area contributed by atoms with Gasteiger partial charge in [-0.1, -0.05) is 36.7 Å². The van der Waals surface area contributed by atoms with Gasteiger partial charge in [0.15, 0.2) is 0 Å². The van der Waals surface area contributed by atoms with Gasteiger partial charge < -0.3 is 5.32 Å². The van der Waals surface area contributed by atoms with Gasteiger partial charge in [0.05, 0.1) is 0 Å². The normalized spacial score (nSPS) is 35.6. The first kappa shape index (κ1) is 13.9. The van der Waals surface area contributed by atoms with Crippen LogP contribution < -0.4 is 5.32 Å². The minimum absolute atomic E-state index is 0.384. The Kier molecular flexibility index (Phi) is 3.29. The summed E-state index contributed by atoms with van der Waals surface area (Å²) in [5.74, 6) is 0.876. The molecule has 0 saturated heterocycles. The number of benzene rings is 1. The highest BCUT2D eigenvalue weighted by atomic mass is 79.9. The van der Waals surface area contributed by atoms with Crippen LogP contribution in [-0.2, 0) is 0 Å². The van der Waals surface area contributed by atoms with E-state index in [0.717, 1.165) is 14.9 Å². The third kappa shape index (κ3) is 2.17. The maximum absolute atomic E-state index is 3.84. The number of nitrogens with one attached hydrogen (secondary N) is 1. The van der Waals surface area contributed by atoms with E-state index < -0.39 is 0 Å². The molecular formula is C16H21Br2N. The predicted octanol–water partition coefficient (Wildman–Crippen LogP) is 5.84. The van der Waals surface area contributed by atoms with Crippen LogP contribution in [0.15, 0.2) is 27.1 Å². The molecule has 0 aromatic heterocycles. The molecule has 3 atom stereocenters. The maximum Gasteiger partial charge on any atom is 0.0498 e. The fourth-order valence-electron chi connectivity index (χ4n) is 4.43. The average molecular weight is 387 g/mol. The SMILES string of the molecule is CC1(C)C(Nc2cc(Br)ccc2Br)[C@]2(C)CC[C@H]1C2. The van der Waals surface area contributed by atoms with E-state index in [9.17, 15) is 0 Å². The predicted molar refractivity (Wildman–Crippen MR) is 88.5 cm³/mol. The van der Waals surface area contributed by atoms with Crippen molar-refractivity contribution in [1.29, 1.82) is 0 Å². The van der Waals surface area contributed by atoms with Gasteiger partial charge in [-0.3, -0.25) is 0 Å². The molecule has 2 aliphatic carbocycles. The summed E-state index contributed by atoms with van der Waals surface area (Å²) in [6, 6.07) is 6.91. The zero-order valence-corrected chi connectivity index (χ0v) is 14.9. The van der Waals surface area contributed by atoms with Crippen LogP contribution in [0.5, 0.6) is 0 Å². The molecule has 1 aromatic rings. The quantitative estimate of drug-likeness (QED) is 0.673. The third-order valence-corrected chi connectivity index (χ3v) is 6.68. The molecule has 1 aromatic carbocycles. The first-order valence-electron chi connectivity index (χ1n) is 7.04. The second kappa shape index (κ2) is 4.49. The summed E-state index contributed by atoms with van der Waals surface area (Å²) in [7, 11) is 0. The van der Waals surface area contributed by atoms with Crippen LogP contribution in [0.1, 0.15) is 40.0 Å². The van der Waals surface area contributed by atoms with Gasteiger partial charge in [-0.05, 0) is 70.1 Å². The van der Waals surface area contributed by atoms with Gasteiger partial charge in [0.25, 0.3) is 0 Å². The highest BCUT2D eigenvalue weighted by Crippen LogP contribution is 2.63. The van der Waals surface area contributed by atoms with Crippen molar-refractivity contribution < 1.29 is 0 Å². The van der Waals surface area contributed by atoms with E-state index >= 15 is 0 Å². The van der Waals surface area contributed by atoms with E-state index in [2.05, 4.69) is 76.1 Å².